The Morgan fingerprint density at radius 2 is 1.97 bits per heavy atom. The Bertz CT molecular complexity index is 964. The zero-order valence-corrected chi connectivity index (χ0v) is 17.0. The molecule has 0 unspecified atom stereocenters. The highest BCUT2D eigenvalue weighted by Gasteiger charge is 2.19. The Labute approximate surface area is 173 Å². The third-order valence-corrected chi connectivity index (χ3v) is 4.92. The Morgan fingerprint density at radius 1 is 1.24 bits per heavy atom. The quantitative estimate of drug-likeness (QED) is 0.486. The van der Waals surface area contributed by atoms with E-state index in [9.17, 15) is 14.9 Å². The maximum Gasteiger partial charge on any atom is 0.340 e. The van der Waals surface area contributed by atoms with Crippen molar-refractivity contribution < 1.29 is 14.3 Å². The topological polar surface area (TPSA) is 107 Å². The fourth-order valence-corrected chi connectivity index (χ4v) is 3.44. The van der Waals surface area contributed by atoms with Crippen LogP contribution < -0.4 is 4.90 Å². The summed E-state index contributed by atoms with van der Waals surface area (Å²) in [7, 11) is 0. The predicted molar refractivity (Wildman–Crippen MR) is 109 cm³/mol. The molecular weight excluding hydrogens is 388 g/mol. The van der Waals surface area contributed by atoms with E-state index in [1.807, 2.05) is 30.3 Å². The second-order valence-electron chi connectivity index (χ2n) is 5.88. The van der Waals surface area contributed by atoms with E-state index in [1.165, 1.54) is 6.07 Å². The highest BCUT2D eigenvalue weighted by atomic mass is 32.2. The summed E-state index contributed by atoms with van der Waals surface area (Å²) in [5.41, 5.74) is 1.58. The molecule has 2 aromatic rings. The van der Waals surface area contributed by atoms with E-state index in [2.05, 4.69) is 4.98 Å². The number of anilines is 1. The van der Waals surface area contributed by atoms with Crippen molar-refractivity contribution in [3.63, 3.8) is 0 Å². The van der Waals surface area contributed by atoms with Crippen LogP contribution in [0.15, 0.2) is 41.4 Å². The maximum absolute atomic E-state index is 12.8. The van der Waals surface area contributed by atoms with Gasteiger partial charge < -0.3 is 9.64 Å². The fraction of sp³-hybridized carbons (Fsp3) is 0.286. The minimum atomic E-state index is -0.534. The summed E-state index contributed by atoms with van der Waals surface area (Å²) in [6.45, 7) is 3.86. The van der Waals surface area contributed by atoms with Gasteiger partial charge in [0.25, 0.3) is 0 Å². The number of aryl methyl sites for hydroxylation is 1. The number of hydrogen-bond acceptors (Lipinski definition) is 7. The Hall–Kier alpha value is -3.36. The van der Waals surface area contributed by atoms with Crippen molar-refractivity contribution in [2.24, 2.45) is 0 Å². The molecule has 0 aliphatic carbocycles. The summed E-state index contributed by atoms with van der Waals surface area (Å²) in [6, 6.07) is 14.6. The average molecular weight is 408 g/mol. The van der Waals surface area contributed by atoms with Gasteiger partial charge in [-0.25, -0.2) is 9.78 Å². The minimum absolute atomic E-state index is 0.0419. The number of benzene rings is 1. The van der Waals surface area contributed by atoms with Crippen LogP contribution in [-0.4, -0.2) is 35.8 Å². The van der Waals surface area contributed by atoms with Crippen molar-refractivity contribution in [2.75, 3.05) is 23.8 Å². The van der Waals surface area contributed by atoms with Crippen LogP contribution in [0.2, 0.25) is 0 Å². The van der Waals surface area contributed by atoms with Crippen LogP contribution in [0.4, 0.5) is 5.69 Å². The number of para-hydroxylation sites is 1. The van der Waals surface area contributed by atoms with Crippen LogP contribution in [0.5, 0.6) is 0 Å². The summed E-state index contributed by atoms with van der Waals surface area (Å²) in [5.74, 6) is -0.692. The van der Waals surface area contributed by atoms with Crippen LogP contribution in [0.25, 0.3) is 0 Å². The van der Waals surface area contributed by atoms with Crippen molar-refractivity contribution in [3.8, 4) is 12.1 Å². The number of carbonyl (C=O) groups excluding carboxylic acids is 2. The molecular formula is C21H20N4O3S. The number of esters is 1. The van der Waals surface area contributed by atoms with Crippen LogP contribution >= 0.6 is 11.8 Å². The Morgan fingerprint density at radius 3 is 2.59 bits per heavy atom. The van der Waals surface area contributed by atoms with Crippen molar-refractivity contribution in [3.05, 3.63) is 53.2 Å². The maximum atomic E-state index is 12.8. The lowest BCUT2D eigenvalue weighted by molar-refractivity contribution is -0.116. The normalized spacial score (nSPS) is 9.93. The smallest absolute Gasteiger partial charge is 0.340 e. The van der Waals surface area contributed by atoms with Gasteiger partial charge in [0.1, 0.15) is 11.1 Å². The summed E-state index contributed by atoms with van der Waals surface area (Å²) < 4.78 is 4.98. The van der Waals surface area contributed by atoms with E-state index in [4.69, 9.17) is 10.00 Å². The van der Waals surface area contributed by atoms with E-state index < -0.39 is 5.97 Å². The molecule has 0 spiro atoms. The summed E-state index contributed by atoms with van der Waals surface area (Å²) in [4.78, 5) is 30.6. The number of nitriles is 2. The first-order valence-corrected chi connectivity index (χ1v) is 9.94. The molecule has 2 rings (SSSR count). The first-order chi connectivity index (χ1) is 14.0. The molecule has 29 heavy (non-hydrogen) atoms. The van der Waals surface area contributed by atoms with Gasteiger partial charge in [0, 0.05) is 12.2 Å². The van der Waals surface area contributed by atoms with Gasteiger partial charge in [0.15, 0.2) is 0 Å². The zero-order valence-electron chi connectivity index (χ0n) is 16.2. The molecule has 0 saturated heterocycles. The molecule has 8 heteroatoms. The minimum Gasteiger partial charge on any atom is -0.462 e. The standard InChI is InChI=1S/C21H20N4O3S/c1-3-28-21(27)18-12-16(13-23)20(24-15(18)2)29-14-19(26)25(11-7-10-22)17-8-5-4-6-9-17/h4-6,8-9,12H,3,7,11,14H2,1-2H3. The molecule has 148 valence electrons. The first kappa shape index (κ1) is 21.9. The van der Waals surface area contributed by atoms with Gasteiger partial charge in [-0.05, 0) is 32.0 Å². The van der Waals surface area contributed by atoms with Crippen molar-refractivity contribution in [2.45, 2.75) is 25.3 Å². The van der Waals surface area contributed by atoms with E-state index >= 15 is 0 Å². The van der Waals surface area contributed by atoms with Crippen LogP contribution in [0, 0.1) is 29.6 Å². The molecule has 7 nitrogen and oxygen atoms in total. The van der Waals surface area contributed by atoms with Crippen molar-refractivity contribution in [1.29, 1.82) is 10.5 Å². The van der Waals surface area contributed by atoms with E-state index in [0.29, 0.717) is 16.4 Å². The molecule has 1 aromatic carbocycles. The van der Waals surface area contributed by atoms with Crippen LogP contribution in [0.1, 0.15) is 35.0 Å². The van der Waals surface area contributed by atoms with E-state index in [0.717, 1.165) is 11.8 Å². The van der Waals surface area contributed by atoms with E-state index in [-0.39, 0.29) is 42.4 Å². The number of hydrogen-bond donors (Lipinski definition) is 0. The molecule has 1 aromatic heterocycles. The number of aromatic nitrogens is 1. The zero-order chi connectivity index (χ0) is 21.2. The number of carbonyl (C=O) groups is 2. The van der Waals surface area contributed by atoms with Gasteiger partial charge in [-0.3, -0.25) is 4.79 Å². The lowest BCUT2D eigenvalue weighted by atomic mass is 10.1. The van der Waals surface area contributed by atoms with Crippen molar-refractivity contribution in [1.82, 2.24) is 4.98 Å². The van der Waals surface area contributed by atoms with E-state index in [1.54, 1.807) is 30.9 Å². The second-order valence-corrected chi connectivity index (χ2v) is 6.85. The summed E-state index contributed by atoms with van der Waals surface area (Å²) in [6.07, 6.45) is 0.209. The first-order valence-electron chi connectivity index (χ1n) is 8.95. The van der Waals surface area contributed by atoms with Gasteiger partial charge >= 0.3 is 5.97 Å². The molecule has 0 radical (unpaired) electrons. The van der Waals surface area contributed by atoms with Gasteiger partial charge in [0.2, 0.25) is 5.91 Å². The van der Waals surface area contributed by atoms with Crippen LogP contribution in [0.3, 0.4) is 0 Å². The molecule has 0 N–H and O–H groups in total. The number of rotatable bonds is 8. The largest absolute Gasteiger partial charge is 0.462 e. The monoisotopic (exact) mass is 408 g/mol. The third kappa shape index (κ3) is 5.81. The highest BCUT2D eigenvalue weighted by Crippen LogP contribution is 2.25. The molecule has 0 bridgehead atoms. The predicted octanol–water partition coefficient (Wildman–Crippen LogP) is 3.48. The van der Waals surface area contributed by atoms with Gasteiger partial charge in [-0.1, -0.05) is 30.0 Å². The molecule has 0 aliphatic rings. The number of nitrogens with zero attached hydrogens (tertiary/aromatic N) is 4. The number of thioether (sulfide) groups is 1. The lowest BCUT2D eigenvalue weighted by Crippen LogP contribution is -2.33. The number of ether oxygens (including phenoxy) is 1. The number of amides is 1. The van der Waals surface area contributed by atoms with Crippen molar-refractivity contribution >= 4 is 29.3 Å². The molecule has 1 amide bonds. The highest BCUT2D eigenvalue weighted by molar-refractivity contribution is 8.00. The van der Waals surface area contributed by atoms with Gasteiger partial charge in [-0.15, -0.1) is 0 Å². The summed E-state index contributed by atoms with van der Waals surface area (Å²) >= 11 is 1.12. The number of pyridine rings is 1. The summed E-state index contributed by atoms with van der Waals surface area (Å²) in [5, 5.41) is 18.7. The van der Waals surface area contributed by atoms with Crippen LogP contribution in [-0.2, 0) is 9.53 Å². The average Bonchev–Trinajstić information content (AvgIpc) is 2.73. The molecule has 1 heterocycles. The SMILES string of the molecule is CCOC(=O)c1cc(C#N)c(SCC(=O)N(CCC#N)c2ccccc2)nc1C. The third-order valence-electron chi connectivity index (χ3n) is 3.94. The molecule has 0 saturated carbocycles. The van der Waals surface area contributed by atoms with Gasteiger partial charge in [0.05, 0.1) is 41.7 Å². The molecule has 0 aliphatic heterocycles. The Balaban J connectivity index is 2.19. The molecule has 0 fully saturated rings. The Kier molecular flexibility index (Phi) is 8.20. The van der Waals surface area contributed by atoms with Gasteiger partial charge in [-0.2, -0.15) is 10.5 Å². The fourth-order valence-electron chi connectivity index (χ4n) is 2.56. The molecule has 0 atom stereocenters. The lowest BCUT2D eigenvalue weighted by Gasteiger charge is -2.21. The second kappa shape index (κ2) is 10.8.